The summed E-state index contributed by atoms with van der Waals surface area (Å²) < 4.78 is 21.0. The number of nitrogens with two attached hydrogens (primary N) is 1. The minimum absolute atomic E-state index is 0.00169. The van der Waals surface area contributed by atoms with Gasteiger partial charge in [-0.25, -0.2) is 4.39 Å². The van der Waals surface area contributed by atoms with E-state index in [1.165, 1.54) is 10.4 Å². The molecule has 0 aliphatic carbocycles. The van der Waals surface area contributed by atoms with Gasteiger partial charge in [-0.1, -0.05) is 81.4 Å². The molecular weight excluding hydrogens is 439 g/mol. The van der Waals surface area contributed by atoms with Crippen molar-refractivity contribution in [3.8, 4) is 0 Å². The van der Waals surface area contributed by atoms with Crippen LogP contribution in [0.5, 0.6) is 0 Å². The van der Waals surface area contributed by atoms with E-state index in [-0.39, 0.29) is 16.5 Å². The van der Waals surface area contributed by atoms with Crippen molar-refractivity contribution in [3.05, 3.63) is 84.7 Å². The first-order chi connectivity index (χ1) is 16.3. The van der Waals surface area contributed by atoms with Crippen LogP contribution in [0.2, 0.25) is 5.04 Å². The maximum Gasteiger partial charge on any atom is 0.261 e. The molecule has 1 heterocycles. The molecule has 1 aliphatic heterocycles. The van der Waals surface area contributed by atoms with Gasteiger partial charge in [-0.3, -0.25) is 0 Å². The fraction of sp³-hybridized carbons (Fsp3) is 0.379. The highest BCUT2D eigenvalue weighted by Crippen LogP contribution is 2.37. The summed E-state index contributed by atoms with van der Waals surface area (Å²) in [5.74, 6) is 0.284. The van der Waals surface area contributed by atoms with Gasteiger partial charge in [0.1, 0.15) is 5.82 Å². The monoisotopic (exact) mass is 476 g/mol. The number of anilines is 2. The van der Waals surface area contributed by atoms with E-state index in [0.717, 1.165) is 44.6 Å². The van der Waals surface area contributed by atoms with Crippen LogP contribution < -0.4 is 21.0 Å². The summed E-state index contributed by atoms with van der Waals surface area (Å²) in [5.41, 5.74) is 6.77. The van der Waals surface area contributed by atoms with E-state index in [4.69, 9.17) is 10.2 Å². The van der Waals surface area contributed by atoms with E-state index in [9.17, 15) is 4.39 Å². The van der Waals surface area contributed by atoms with Crippen molar-refractivity contribution >= 4 is 30.1 Å². The lowest BCUT2D eigenvalue weighted by Crippen LogP contribution is -2.66. The van der Waals surface area contributed by atoms with Gasteiger partial charge in [0.15, 0.2) is 0 Å². The third-order valence-electron chi connectivity index (χ3n) is 7.23. The fourth-order valence-electron chi connectivity index (χ4n) is 5.33. The SMILES string of the molecule is CC(C)(C)[Si](OCCC1CCN(c2ccc(N)c(F)c2)CC1)(c1ccccc1)c1ccccc1. The van der Waals surface area contributed by atoms with Crippen molar-refractivity contribution in [2.45, 2.75) is 45.1 Å². The molecular formula is C29H37FN2OSi. The maximum absolute atomic E-state index is 13.9. The van der Waals surface area contributed by atoms with Crippen molar-refractivity contribution in [2.75, 3.05) is 30.3 Å². The third kappa shape index (κ3) is 5.06. The minimum atomic E-state index is -2.48. The Morgan fingerprint density at radius 3 is 1.97 bits per heavy atom. The van der Waals surface area contributed by atoms with Gasteiger partial charge >= 0.3 is 0 Å². The molecule has 3 aromatic rings. The Hall–Kier alpha value is -2.63. The molecule has 3 nitrogen and oxygen atoms in total. The highest BCUT2D eigenvalue weighted by atomic mass is 28.4. The zero-order valence-corrected chi connectivity index (χ0v) is 21.6. The molecule has 0 saturated carbocycles. The Morgan fingerprint density at radius 2 is 1.47 bits per heavy atom. The van der Waals surface area contributed by atoms with Gasteiger partial charge in [0.05, 0.1) is 5.69 Å². The average Bonchev–Trinajstić information content (AvgIpc) is 2.84. The molecule has 0 atom stereocenters. The Kier molecular flexibility index (Phi) is 7.44. The van der Waals surface area contributed by atoms with Gasteiger partial charge in [-0.05, 0) is 58.8 Å². The second kappa shape index (κ2) is 10.3. The fourth-order valence-corrected chi connectivity index (χ4v) is 9.91. The lowest BCUT2D eigenvalue weighted by Gasteiger charge is -2.43. The van der Waals surface area contributed by atoms with Gasteiger partial charge in [0.2, 0.25) is 0 Å². The predicted molar refractivity (Wildman–Crippen MR) is 144 cm³/mol. The molecule has 0 spiro atoms. The van der Waals surface area contributed by atoms with E-state index in [2.05, 4.69) is 86.3 Å². The molecule has 5 heteroatoms. The van der Waals surface area contributed by atoms with Crippen LogP contribution in [0.15, 0.2) is 78.9 Å². The van der Waals surface area contributed by atoms with Crippen LogP contribution in [0.4, 0.5) is 15.8 Å². The quantitative estimate of drug-likeness (QED) is 0.357. The Balaban J connectivity index is 1.45. The molecule has 1 saturated heterocycles. The topological polar surface area (TPSA) is 38.5 Å². The second-order valence-corrected chi connectivity index (χ2v) is 14.7. The van der Waals surface area contributed by atoms with Crippen molar-refractivity contribution in [1.29, 1.82) is 0 Å². The van der Waals surface area contributed by atoms with Gasteiger partial charge in [0, 0.05) is 25.4 Å². The molecule has 180 valence electrons. The minimum Gasteiger partial charge on any atom is -0.407 e. The molecule has 0 bridgehead atoms. The van der Waals surface area contributed by atoms with Crippen molar-refractivity contribution in [2.24, 2.45) is 5.92 Å². The van der Waals surface area contributed by atoms with Crippen LogP contribution in [-0.4, -0.2) is 28.0 Å². The van der Waals surface area contributed by atoms with E-state index in [1.807, 2.05) is 6.07 Å². The number of hydrogen-bond acceptors (Lipinski definition) is 3. The number of rotatable bonds is 7. The zero-order chi connectivity index (χ0) is 24.2. The number of nitrogens with zero attached hydrogens (tertiary/aromatic N) is 1. The molecule has 3 aromatic carbocycles. The van der Waals surface area contributed by atoms with E-state index >= 15 is 0 Å². The Morgan fingerprint density at radius 1 is 0.912 bits per heavy atom. The summed E-state index contributed by atoms with van der Waals surface area (Å²) in [6, 6.07) is 26.8. The summed E-state index contributed by atoms with van der Waals surface area (Å²) in [5, 5.41) is 2.65. The Labute approximate surface area is 204 Å². The number of benzene rings is 3. The largest absolute Gasteiger partial charge is 0.407 e. The molecule has 0 amide bonds. The summed E-state index contributed by atoms with van der Waals surface area (Å²) >= 11 is 0. The van der Waals surface area contributed by atoms with E-state index < -0.39 is 8.32 Å². The highest BCUT2D eigenvalue weighted by molar-refractivity contribution is 6.99. The average molecular weight is 477 g/mol. The molecule has 1 aliphatic rings. The molecule has 0 radical (unpaired) electrons. The smallest absolute Gasteiger partial charge is 0.261 e. The standard InChI is InChI=1S/C29H37FN2OSi/c1-29(2,3)34(25-10-6-4-7-11-25,26-12-8-5-9-13-26)33-21-18-23-16-19-32(20-17-23)24-14-15-28(31)27(30)22-24/h4-15,22-23H,16-21,31H2,1-3H3. The first-order valence-electron chi connectivity index (χ1n) is 12.4. The number of nitrogen functional groups attached to an aromatic ring is 1. The number of hydrogen-bond donors (Lipinski definition) is 1. The van der Waals surface area contributed by atoms with Gasteiger partial charge in [-0.15, -0.1) is 0 Å². The number of halogens is 1. The van der Waals surface area contributed by atoms with Crippen molar-refractivity contribution < 1.29 is 8.82 Å². The molecule has 1 fully saturated rings. The van der Waals surface area contributed by atoms with Crippen LogP contribution in [0.25, 0.3) is 0 Å². The van der Waals surface area contributed by atoms with E-state index in [1.54, 1.807) is 12.1 Å². The van der Waals surface area contributed by atoms with Gasteiger partial charge in [-0.2, -0.15) is 0 Å². The summed E-state index contributed by atoms with van der Waals surface area (Å²) in [6.45, 7) is 9.60. The number of piperidine rings is 1. The predicted octanol–water partition coefficient (Wildman–Crippen LogP) is 5.59. The highest BCUT2D eigenvalue weighted by Gasteiger charge is 2.50. The maximum atomic E-state index is 13.9. The van der Waals surface area contributed by atoms with Crippen LogP contribution in [-0.2, 0) is 4.43 Å². The summed E-state index contributed by atoms with van der Waals surface area (Å²) in [4.78, 5) is 2.27. The molecule has 34 heavy (non-hydrogen) atoms. The molecule has 0 unspecified atom stereocenters. The molecule has 4 rings (SSSR count). The summed E-state index contributed by atoms with van der Waals surface area (Å²) in [7, 11) is -2.48. The first-order valence-corrected chi connectivity index (χ1v) is 14.3. The van der Waals surface area contributed by atoms with Crippen LogP contribution >= 0.6 is 0 Å². The normalized spacial score (nSPS) is 15.5. The lowest BCUT2D eigenvalue weighted by molar-refractivity contribution is 0.246. The lowest BCUT2D eigenvalue weighted by atomic mass is 9.93. The zero-order valence-electron chi connectivity index (χ0n) is 20.6. The van der Waals surface area contributed by atoms with Crippen molar-refractivity contribution in [3.63, 3.8) is 0 Å². The second-order valence-electron chi connectivity index (χ2n) is 10.4. The van der Waals surface area contributed by atoms with Crippen LogP contribution in [0.3, 0.4) is 0 Å². The van der Waals surface area contributed by atoms with Gasteiger partial charge in [0.25, 0.3) is 8.32 Å². The van der Waals surface area contributed by atoms with Gasteiger partial charge < -0.3 is 15.1 Å². The Bertz CT molecular complexity index is 1020. The third-order valence-corrected chi connectivity index (χ3v) is 12.3. The molecule has 0 aromatic heterocycles. The van der Waals surface area contributed by atoms with E-state index in [0.29, 0.717) is 5.92 Å². The van der Waals surface area contributed by atoms with Crippen molar-refractivity contribution in [1.82, 2.24) is 0 Å². The molecule has 2 N–H and O–H groups in total. The van der Waals surface area contributed by atoms with Crippen LogP contribution in [0, 0.1) is 11.7 Å². The summed E-state index contributed by atoms with van der Waals surface area (Å²) in [6.07, 6.45) is 3.24. The van der Waals surface area contributed by atoms with Crippen LogP contribution in [0.1, 0.15) is 40.0 Å². The first kappa shape index (κ1) is 24.5.